The molecule has 4 heteroatoms. The summed E-state index contributed by atoms with van der Waals surface area (Å²) in [5.74, 6) is 6.05. The summed E-state index contributed by atoms with van der Waals surface area (Å²) in [7, 11) is 0. The molecule has 0 spiro atoms. The predicted molar refractivity (Wildman–Crippen MR) is 85.2 cm³/mol. The van der Waals surface area contributed by atoms with E-state index < -0.39 is 0 Å². The van der Waals surface area contributed by atoms with Crippen LogP contribution in [0.1, 0.15) is 50.7 Å². The molecule has 2 aliphatic rings. The molecule has 124 valence electrons. The SMILES string of the molecule is CC(C#C[C@@H]1CC[C@@H](c2ccc(F)cc2)O1)OC1CCCCO1. The molecule has 1 aromatic rings. The van der Waals surface area contributed by atoms with Gasteiger partial charge in [0.1, 0.15) is 18.0 Å². The number of benzene rings is 1. The lowest BCUT2D eigenvalue weighted by molar-refractivity contribution is -0.173. The van der Waals surface area contributed by atoms with Crippen LogP contribution in [-0.2, 0) is 14.2 Å². The largest absolute Gasteiger partial charge is 0.358 e. The van der Waals surface area contributed by atoms with Crippen LogP contribution < -0.4 is 0 Å². The molecule has 0 N–H and O–H groups in total. The molecule has 2 unspecified atom stereocenters. The maximum Gasteiger partial charge on any atom is 0.159 e. The van der Waals surface area contributed by atoms with Crippen LogP contribution in [0.25, 0.3) is 0 Å². The van der Waals surface area contributed by atoms with Crippen LogP contribution in [0.15, 0.2) is 24.3 Å². The molecule has 0 bridgehead atoms. The Balaban J connectivity index is 1.48. The molecule has 3 nitrogen and oxygen atoms in total. The minimum atomic E-state index is -0.223. The zero-order valence-corrected chi connectivity index (χ0v) is 13.5. The molecule has 23 heavy (non-hydrogen) atoms. The van der Waals surface area contributed by atoms with E-state index in [9.17, 15) is 4.39 Å². The number of hydrogen-bond acceptors (Lipinski definition) is 3. The van der Waals surface area contributed by atoms with Gasteiger partial charge in [-0.3, -0.25) is 0 Å². The third-order valence-corrected chi connectivity index (χ3v) is 4.20. The van der Waals surface area contributed by atoms with Crippen molar-refractivity contribution < 1.29 is 18.6 Å². The predicted octanol–water partition coefficient (Wildman–Crippen LogP) is 3.98. The van der Waals surface area contributed by atoms with E-state index in [4.69, 9.17) is 14.2 Å². The van der Waals surface area contributed by atoms with Crippen LogP contribution >= 0.6 is 0 Å². The lowest BCUT2D eigenvalue weighted by Gasteiger charge is -2.24. The summed E-state index contributed by atoms with van der Waals surface area (Å²) in [6.07, 6.45) is 4.65. The van der Waals surface area contributed by atoms with Crippen LogP contribution in [0.2, 0.25) is 0 Å². The van der Waals surface area contributed by atoms with Crippen molar-refractivity contribution in [2.75, 3.05) is 6.61 Å². The summed E-state index contributed by atoms with van der Waals surface area (Å²) in [6.45, 7) is 2.72. The van der Waals surface area contributed by atoms with Gasteiger partial charge in [-0.15, -0.1) is 0 Å². The number of ether oxygens (including phenoxy) is 3. The Morgan fingerprint density at radius 3 is 2.74 bits per heavy atom. The van der Waals surface area contributed by atoms with Gasteiger partial charge in [0.25, 0.3) is 0 Å². The molecule has 4 atom stereocenters. The van der Waals surface area contributed by atoms with E-state index in [1.807, 2.05) is 6.92 Å². The molecular formula is C19H23FO3. The summed E-state index contributed by atoms with van der Waals surface area (Å²) in [4.78, 5) is 0. The van der Waals surface area contributed by atoms with E-state index >= 15 is 0 Å². The maximum atomic E-state index is 13.0. The number of rotatable bonds is 3. The van der Waals surface area contributed by atoms with Gasteiger partial charge in [-0.2, -0.15) is 0 Å². The standard InChI is InChI=1S/C19H23FO3/c1-14(22-19-4-2-3-13-21-19)5-10-17-11-12-18(23-17)15-6-8-16(20)9-7-15/h6-9,14,17-19H,2-4,11-13H2,1H3/t14?,17-,18+,19?/m1/s1. The lowest BCUT2D eigenvalue weighted by Crippen LogP contribution is -2.26. The first-order valence-corrected chi connectivity index (χ1v) is 8.40. The Labute approximate surface area is 137 Å². The van der Waals surface area contributed by atoms with Crippen molar-refractivity contribution >= 4 is 0 Å². The van der Waals surface area contributed by atoms with Crippen LogP contribution in [0.4, 0.5) is 4.39 Å². The zero-order chi connectivity index (χ0) is 16.1. The van der Waals surface area contributed by atoms with Crippen molar-refractivity contribution in [3.63, 3.8) is 0 Å². The molecule has 2 saturated heterocycles. The highest BCUT2D eigenvalue weighted by Gasteiger charge is 2.25. The molecule has 0 amide bonds. The highest BCUT2D eigenvalue weighted by Crippen LogP contribution is 2.32. The van der Waals surface area contributed by atoms with Crippen molar-refractivity contribution in [1.82, 2.24) is 0 Å². The second-order valence-corrected chi connectivity index (χ2v) is 6.11. The first kappa shape index (κ1) is 16.4. The molecule has 1 aromatic carbocycles. The average Bonchev–Trinajstić information content (AvgIpc) is 3.04. The fourth-order valence-electron chi connectivity index (χ4n) is 2.96. The molecule has 2 aliphatic heterocycles. The normalized spacial score (nSPS) is 28.9. The van der Waals surface area contributed by atoms with Crippen molar-refractivity contribution in [3.8, 4) is 11.8 Å². The molecule has 0 saturated carbocycles. The Kier molecular flexibility index (Phi) is 5.66. The van der Waals surface area contributed by atoms with Crippen LogP contribution in [0.3, 0.4) is 0 Å². The summed E-state index contributed by atoms with van der Waals surface area (Å²) in [5.41, 5.74) is 1.01. The lowest BCUT2D eigenvalue weighted by atomic mass is 10.1. The molecule has 0 aromatic heterocycles. The molecular weight excluding hydrogens is 295 g/mol. The Morgan fingerprint density at radius 1 is 1.17 bits per heavy atom. The molecule has 0 aliphatic carbocycles. The van der Waals surface area contributed by atoms with E-state index in [1.165, 1.54) is 12.1 Å². The third-order valence-electron chi connectivity index (χ3n) is 4.20. The quantitative estimate of drug-likeness (QED) is 0.789. The van der Waals surface area contributed by atoms with Gasteiger partial charge in [0.15, 0.2) is 6.29 Å². The van der Waals surface area contributed by atoms with E-state index in [2.05, 4.69) is 11.8 Å². The topological polar surface area (TPSA) is 27.7 Å². The molecule has 0 radical (unpaired) electrons. The second-order valence-electron chi connectivity index (χ2n) is 6.11. The van der Waals surface area contributed by atoms with Crippen LogP contribution in [0, 0.1) is 17.7 Å². The van der Waals surface area contributed by atoms with E-state index in [1.54, 1.807) is 12.1 Å². The monoisotopic (exact) mass is 318 g/mol. The molecule has 3 rings (SSSR count). The molecule has 2 fully saturated rings. The van der Waals surface area contributed by atoms with E-state index in [-0.39, 0.29) is 30.4 Å². The smallest absolute Gasteiger partial charge is 0.159 e. The molecule has 2 heterocycles. The first-order valence-electron chi connectivity index (χ1n) is 8.40. The van der Waals surface area contributed by atoms with E-state index in [0.29, 0.717) is 0 Å². The van der Waals surface area contributed by atoms with Crippen molar-refractivity contribution in [2.24, 2.45) is 0 Å². The number of hydrogen-bond donors (Lipinski definition) is 0. The van der Waals surface area contributed by atoms with Gasteiger partial charge in [0.2, 0.25) is 0 Å². The van der Waals surface area contributed by atoms with Crippen molar-refractivity contribution in [2.45, 2.75) is 63.6 Å². The van der Waals surface area contributed by atoms with Crippen LogP contribution in [0.5, 0.6) is 0 Å². The van der Waals surface area contributed by atoms with Crippen molar-refractivity contribution in [3.05, 3.63) is 35.6 Å². The van der Waals surface area contributed by atoms with Gasteiger partial charge in [-0.1, -0.05) is 24.0 Å². The Bertz CT molecular complexity index is 554. The summed E-state index contributed by atoms with van der Waals surface area (Å²) < 4.78 is 30.2. The number of halogens is 1. The fourth-order valence-corrected chi connectivity index (χ4v) is 2.96. The highest BCUT2D eigenvalue weighted by atomic mass is 19.1. The first-order chi connectivity index (χ1) is 11.2. The Hall–Kier alpha value is -1.41. The zero-order valence-electron chi connectivity index (χ0n) is 13.5. The van der Waals surface area contributed by atoms with Gasteiger partial charge in [0.05, 0.1) is 6.10 Å². The van der Waals surface area contributed by atoms with Crippen LogP contribution in [-0.4, -0.2) is 25.1 Å². The maximum absolute atomic E-state index is 13.0. The third kappa shape index (κ3) is 4.78. The Morgan fingerprint density at radius 2 is 2.00 bits per heavy atom. The van der Waals surface area contributed by atoms with Gasteiger partial charge in [0, 0.05) is 6.61 Å². The second kappa shape index (κ2) is 7.92. The average molecular weight is 318 g/mol. The van der Waals surface area contributed by atoms with Gasteiger partial charge >= 0.3 is 0 Å². The summed E-state index contributed by atoms with van der Waals surface area (Å²) >= 11 is 0. The fraction of sp³-hybridized carbons (Fsp3) is 0.579. The summed E-state index contributed by atoms with van der Waals surface area (Å²) in [6, 6.07) is 6.50. The minimum Gasteiger partial charge on any atom is -0.358 e. The van der Waals surface area contributed by atoms with Gasteiger partial charge < -0.3 is 14.2 Å². The minimum absolute atomic E-state index is 0.00722. The summed E-state index contributed by atoms with van der Waals surface area (Å²) in [5, 5.41) is 0. The van der Waals surface area contributed by atoms with Crippen molar-refractivity contribution in [1.29, 1.82) is 0 Å². The van der Waals surface area contributed by atoms with Gasteiger partial charge in [-0.25, -0.2) is 4.39 Å². The van der Waals surface area contributed by atoms with E-state index in [0.717, 1.165) is 44.3 Å². The highest BCUT2D eigenvalue weighted by molar-refractivity contribution is 5.21. The van der Waals surface area contributed by atoms with Gasteiger partial charge in [-0.05, 0) is 56.7 Å².